The molecule has 0 heterocycles. The van der Waals surface area contributed by atoms with Gasteiger partial charge in [0.1, 0.15) is 11.3 Å². The number of carbonyl (C=O) groups is 1. The molecule has 0 fully saturated rings. The van der Waals surface area contributed by atoms with Gasteiger partial charge in [0.2, 0.25) is 0 Å². The smallest absolute Gasteiger partial charge is 0.330 e. The lowest BCUT2D eigenvalue weighted by Gasteiger charge is -2.27. The second-order valence-electron chi connectivity index (χ2n) is 4.47. The summed E-state index contributed by atoms with van der Waals surface area (Å²) in [6, 6.07) is 7.52. The highest BCUT2D eigenvalue weighted by atomic mass is 16.5. The Labute approximate surface area is 115 Å². The van der Waals surface area contributed by atoms with Crippen LogP contribution in [0.1, 0.15) is 32.8 Å². The van der Waals surface area contributed by atoms with Crippen LogP contribution in [-0.2, 0) is 15.1 Å². The van der Waals surface area contributed by atoms with Crippen LogP contribution >= 0.6 is 0 Å². The average molecular weight is 265 g/mol. The SMILES string of the molecule is CCCOc1ccc(C(C)(NC)C(=O)OCC)cc1. The van der Waals surface area contributed by atoms with Crippen LogP contribution in [0.4, 0.5) is 0 Å². The fourth-order valence-corrected chi connectivity index (χ4v) is 1.74. The molecule has 0 aliphatic carbocycles. The van der Waals surface area contributed by atoms with Gasteiger partial charge in [-0.3, -0.25) is 0 Å². The molecule has 0 spiro atoms. The molecule has 1 unspecified atom stereocenters. The number of benzene rings is 1. The van der Waals surface area contributed by atoms with E-state index >= 15 is 0 Å². The lowest BCUT2D eigenvalue weighted by molar-refractivity contribution is -0.150. The number of ether oxygens (including phenoxy) is 2. The van der Waals surface area contributed by atoms with Crippen LogP contribution in [-0.4, -0.2) is 26.2 Å². The monoisotopic (exact) mass is 265 g/mol. The molecular formula is C15H23NO3. The van der Waals surface area contributed by atoms with Gasteiger partial charge in [0, 0.05) is 0 Å². The topological polar surface area (TPSA) is 47.6 Å². The molecule has 1 rings (SSSR count). The molecule has 0 aliphatic heterocycles. The maximum Gasteiger partial charge on any atom is 0.330 e. The van der Waals surface area contributed by atoms with Crippen molar-refractivity contribution in [2.24, 2.45) is 0 Å². The van der Waals surface area contributed by atoms with Crippen molar-refractivity contribution >= 4 is 5.97 Å². The van der Waals surface area contributed by atoms with E-state index in [9.17, 15) is 4.79 Å². The summed E-state index contributed by atoms with van der Waals surface area (Å²) in [6.07, 6.45) is 0.971. The summed E-state index contributed by atoms with van der Waals surface area (Å²) in [5, 5.41) is 3.03. The van der Waals surface area contributed by atoms with Gasteiger partial charge in [-0.15, -0.1) is 0 Å². The molecule has 106 valence electrons. The third-order valence-electron chi connectivity index (χ3n) is 3.09. The minimum atomic E-state index is -0.834. The Balaban J connectivity index is 2.89. The summed E-state index contributed by atoms with van der Waals surface area (Å²) in [4.78, 5) is 12.0. The molecule has 4 nitrogen and oxygen atoms in total. The van der Waals surface area contributed by atoms with Crippen LogP contribution in [0.25, 0.3) is 0 Å². The maximum absolute atomic E-state index is 12.0. The van der Waals surface area contributed by atoms with Crippen molar-refractivity contribution < 1.29 is 14.3 Å². The van der Waals surface area contributed by atoms with Gasteiger partial charge in [-0.1, -0.05) is 19.1 Å². The van der Waals surface area contributed by atoms with Crippen molar-refractivity contribution in [3.8, 4) is 5.75 Å². The predicted molar refractivity (Wildman–Crippen MR) is 75.3 cm³/mol. The van der Waals surface area contributed by atoms with Crippen molar-refractivity contribution in [3.63, 3.8) is 0 Å². The van der Waals surface area contributed by atoms with E-state index in [1.807, 2.05) is 31.2 Å². The van der Waals surface area contributed by atoms with Crippen molar-refractivity contribution in [1.82, 2.24) is 5.32 Å². The van der Waals surface area contributed by atoms with Gasteiger partial charge in [0.25, 0.3) is 0 Å². The number of nitrogens with one attached hydrogen (secondary N) is 1. The Hall–Kier alpha value is -1.55. The summed E-state index contributed by atoms with van der Waals surface area (Å²) in [6.45, 7) is 6.74. The summed E-state index contributed by atoms with van der Waals surface area (Å²) in [5.74, 6) is 0.535. The van der Waals surface area contributed by atoms with Crippen molar-refractivity contribution in [2.45, 2.75) is 32.7 Å². The number of carbonyl (C=O) groups excluding carboxylic acids is 1. The first kappa shape index (κ1) is 15.5. The molecule has 1 N–H and O–H groups in total. The molecular weight excluding hydrogens is 242 g/mol. The third kappa shape index (κ3) is 3.70. The molecule has 1 atom stereocenters. The average Bonchev–Trinajstić information content (AvgIpc) is 2.45. The minimum absolute atomic E-state index is 0.278. The highest BCUT2D eigenvalue weighted by Gasteiger charge is 2.34. The fraction of sp³-hybridized carbons (Fsp3) is 0.533. The largest absolute Gasteiger partial charge is 0.494 e. The predicted octanol–water partition coefficient (Wildman–Crippen LogP) is 2.47. The first-order valence-electron chi connectivity index (χ1n) is 6.68. The van der Waals surface area contributed by atoms with Gasteiger partial charge in [-0.2, -0.15) is 0 Å². The Morgan fingerprint density at radius 1 is 1.26 bits per heavy atom. The molecule has 0 radical (unpaired) electrons. The molecule has 19 heavy (non-hydrogen) atoms. The highest BCUT2D eigenvalue weighted by molar-refractivity contribution is 5.82. The van der Waals surface area contributed by atoms with E-state index in [0.717, 1.165) is 17.7 Å². The van der Waals surface area contributed by atoms with E-state index in [1.54, 1.807) is 14.0 Å². The van der Waals surface area contributed by atoms with Crippen LogP contribution in [0.2, 0.25) is 0 Å². The Morgan fingerprint density at radius 2 is 1.89 bits per heavy atom. The van der Waals surface area contributed by atoms with Gasteiger partial charge < -0.3 is 14.8 Å². The van der Waals surface area contributed by atoms with Crippen molar-refractivity contribution in [3.05, 3.63) is 29.8 Å². The molecule has 0 aliphatic rings. The van der Waals surface area contributed by atoms with Crippen LogP contribution in [0.15, 0.2) is 24.3 Å². The Morgan fingerprint density at radius 3 is 2.37 bits per heavy atom. The molecule has 0 aromatic heterocycles. The van der Waals surface area contributed by atoms with Crippen LogP contribution in [0.5, 0.6) is 5.75 Å². The number of rotatable bonds is 7. The molecule has 1 aromatic carbocycles. The van der Waals surface area contributed by atoms with Gasteiger partial charge in [-0.05, 0) is 45.0 Å². The molecule has 0 saturated heterocycles. The molecule has 0 bridgehead atoms. The zero-order chi connectivity index (χ0) is 14.3. The number of hydrogen-bond acceptors (Lipinski definition) is 4. The minimum Gasteiger partial charge on any atom is -0.494 e. The van der Waals surface area contributed by atoms with E-state index in [2.05, 4.69) is 12.2 Å². The van der Waals surface area contributed by atoms with E-state index in [0.29, 0.717) is 13.2 Å². The second kappa shape index (κ2) is 7.14. The summed E-state index contributed by atoms with van der Waals surface area (Å²) >= 11 is 0. The normalized spacial score (nSPS) is 13.7. The molecule has 0 saturated carbocycles. The number of hydrogen-bond donors (Lipinski definition) is 1. The third-order valence-corrected chi connectivity index (χ3v) is 3.09. The quantitative estimate of drug-likeness (QED) is 0.769. The maximum atomic E-state index is 12.0. The zero-order valence-corrected chi connectivity index (χ0v) is 12.2. The summed E-state index contributed by atoms with van der Waals surface area (Å²) in [5.41, 5.74) is 0.0246. The molecule has 1 aromatic rings. The number of esters is 1. The highest BCUT2D eigenvalue weighted by Crippen LogP contribution is 2.24. The fourth-order valence-electron chi connectivity index (χ4n) is 1.74. The summed E-state index contributed by atoms with van der Waals surface area (Å²) < 4.78 is 10.6. The van der Waals surface area contributed by atoms with Crippen LogP contribution in [0.3, 0.4) is 0 Å². The van der Waals surface area contributed by atoms with Crippen LogP contribution in [0, 0.1) is 0 Å². The van der Waals surface area contributed by atoms with E-state index in [4.69, 9.17) is 9.47 Å². The first-order chi connectivity index (χ1) is 9.08. The van der Waals surface area contributed by atoms with E-state index < -0.39 is 5.54 Å². The van der Waals surface area contributed by atoms with Gasteiger partial charge in [0.05, 0.1) is 13.2 Å². The Bertz CT molecular complexity index is 402. The van der Waals surface area contributed by atoms with E-state index in [1.165, 1.54) is 0 Å². The van der Waals surface area contributed by atoms with Gasteiger partial charge >= 0.3 is 5.97 Å². The van der Waals surface area contributed by atoms with Gasteiger partial charge in [0.15, 0.2) is 0 Å². The second-order valence-corrected chi connectivity index (χ2v) is 4.47. The zero-order valence-electron chi connectivity index (χ0n) is 12.2. The standard InChI is InChI=1S/C15H23NO3/c1-5-11-19-13-9-7-12(8-10-13)15(3,16-4)14(17)18-6-2/h7-10,16H,5-6,11H2,1-4H3. The van der Waals surface area contributed by atoms with Crippen molar-refractivity contribution in [2.75, 3.05) is 20.3 Å². The summed E-state index contributed by atoms with van der Waals surface area (Å²) in [7, 11) is 1.75. The lowest BCUT2D eigenvalue weighted by Crippen LogP contribution is -2.45. The van der Waals surface area contributed by atoms with Crippen LogP contribution < -0.4 is 10.1 Å². The van der Waals surface area contributed by atoms with Gasteiger partial charge in [-0.25, -0.2) is 4.79 Å². The lowest BCUT2D eigenvalue weighted by atomic mass is 9.92. The number of likely N-dealkylation sites (N-methyl/N-ethyl adjacent to an activating group) is 1. The first-order valence-corrected chi connectivity index (χ1v) is 6.68. The van der Waals surface area contributed by atoms with E-state index in [-0.39, 0.29) is 5.97 Å². The molecule has 0 amide bonds. The molecule has 4 heteroatoms. The Kier molecular flexibility index (Phi) is 5.83. The van der Waals surface area contributed by atoms with Crippen molar-refractivity contribution in [1.29, 1.82) is 0 Å².